The predicted octanol–water partition coefficient (Wildman–Crippen LogP) is 2.32. The summed E-state index contributed by atoms with van der Waals surface area (Å²) in [6.07, 6.45) is 0. The summed E-state index contributed by atoms with van der Waals surface area (Å²) in [5.41, 5.74) is 5.88. The Bertz CT molecular complexity index is 492. The van der Waals surface area contributed by atoms with Crippen LogP contribution < -0.4 is 6.14 Å². The Labute approximate surface area is 103 Å². The summed E-state index contributed by atoms with van der Waals surface area (Å²) in [7, 11) is 0. The first-order valence-corrected chi connectivity index (χ1v) is 10.9. The average molecular weight is 381 g/mol. The van der Waals surface area contributed by atoms with E-state index in [1.807, 2.05) is 0 Å². The molecule has 0 aromatic heterocycles. The number of hydrogen-bond acceptors (Lipinski definition) is 0. The van der Waals surface area contributed by atoms with E-state index in [-0.39, 0.29) is 0 Å². The van der Waals surface area contributed by atoms with Gasteiger partial charge in [0.15, 0.2) is 0 Å². The van der Waals surface area contributed by atoms with Crippen LogP contribution in [0.3, 0.4) is 0 Å². The van der Waals surface area contributed by atoms with Gasteiger partial charge in [-0.05, 0) is 0 Å². The topological polar surface area (TPSA) is 0 Å². The van der Waals surface area contributed by atoms with E-state index in [2.05, 4.69) is 50.2 Å². The fourth-order valence-corrected chi connectivity index (χ4v) is 11.2. The van der Waals surface area contributed by atoms with Crippen LogP contribution in [-0.4, -0.2) is 0 Å². The molecule has 0 N–H and O–H groups in total. The van der Waals surface area contributed by atoms with Gasteiger partial charge < -0.3 is 0 Å². The van der Waals surface area contributed by atoms with Gasteiger partial charge in [0, 0.05) is 0 Å². The molecule has 0 spiro atoms. The second kappa shape index (κ2) is 3.45. The van der Waals surface area contributed by atoms with E-state index in [0.717, 1.165) is 0 Å². The van der Waals surface area contributed by atoms with E-state index in [9.17, 15) is 0 Å². The Kier molecular flexibility index (Phi) is 2.20. The predicted molar refractivity (Wildman–Crippen MR) is 60.6 cm³/mol. The van der Waals surface area contributed by atoms with Crippen LogP contribution in [0, 0.1) is 13.8 Å². The van der Waals surface area contributed by atoms with Crippen molar-refractivity contribution in [2.45, 2.75) is 13.8 Å². The van der Waals surface area contributed by atoms with E-state index < -0.39 is 24.6 Å². The molecule has 1 aliphatic heterocycles. The first-order valence-electron chi connectivity index (χ1n) is 5.43. The van der Waals surface area contributed by atoms with Gasteiger partial charge in [-0.3, -0.25) is 0 Å². The zero-order chi connectivity index (χ0) is 10.4. The van der Waals surface area contributed by atoms with Crippen molar-refractivity contribution in [3.05, 3.63) is 47.5 Å². The molecule has 1 aliphatic rings. The number of benzene rings is 2. The average Bonchev–Trinajstić information content (AvgIpc) is 2.53. The fourth-order valence-electron chi connectivity index (χ4n) is 2.47. The van der Waals surface area contributed by atoms with Crippen molar-refractivity contribution in [1.82, 2.24) is 0 Å². The van der Waals surface area contributed by atoms with Gasteiger partial charge >= 0.3 is 103 Å². The Morgan fingerprint density at radius 3 is 1.67 bits per heavy atom. The molecule has 0 atom stereocenters. The quantitative estimate of drug-likeness (QED) is 0.525. The van der Waals surface area contributed by atoms with Crippen LogP contribution in [0.15, 0.2) is 36.4 Å². The molecule has 0 saturated carbocycles. The van der Waals surface area contributed by atoms with Gasteiger partial charge in [-0.1, -0.05) is 0 Å². The second-order valence-electron chi connectivity index (χ2n) is 4.50. The van der Waals surface area contributed by atoms with Crippen molar-refractivity contribution in [2.24, 2.45) is 0 Å². The monoisotopic (exact) mass is 382 g/mol. The molecule has 0 bridgehead atoms. The molecule has 0 amide bonds. The number of rotatable bonds is 0. The third-order valence-corrected chi connectivity index (χ3v) is 10.7. The van der Waals surface area contributed by atoms with Gasteiger partial charge in [-0.2, -0.15) is 0 Å². The molecule has 0 fully saturated rings. The molecule has 0 aliphatic carbocycles. The molecule has 2 aromatic carbocycles. The van der Waals surface area contributed by atoms with Gasteiger partial charge in [-0.25, -0.2) is 0 Å². The molecular formula is C14H12Hg. The fraction of sp³-hybridized carbons (Fsp3) is 0.143. The van der Waals surface area contributed by atoms with E-state index in [0.29, 0.717) is 0 Å². The van der Waals surface area contributed by atoms with E-state index in [1.54, 1.807) is 6.14 Å². The standard InChI is InChI=1S/C14H12.Hg/c1-11-3-7-13(8-4-11)14-9-5-12(2)6-10-14;/h3-7,9H,1-2H3;. The van der Waals surface area contributed by atoms with Crippen molar-refractivity contribution in [3.63, 3.8) is 0 Å². The first kappa shape index (κ1) is 9.59. The number of aryl methyl sites for hydroxylation is 2. The van der Waals surface area contributed by atoms with Crippen LogP contribution in [0.2, 0.25) is 0 Å². The molecule has 1 heterocycles. The molecule has 1 heteroatoms. The first-order chi connectivity index (χ1) is 7.24. The molecule has 2 aromatic rings. The van der Waals surface area contributed by atoms with Crippen LogP contribution in [0.1, 0.15) is 11.1 Å². The summed E-state index contributed by atoms with van der Waals surface area (Å²) >= 11 is -0.988. The van der Waals surface area contributed by atoms with Crippen molar-refractivity contribution in [1.29, 1.82) is 0 Å². The zero-order valence-corrected chi connectivity index (χ0v) is 14.7. The van der Waals surface area contributed by atoms with E-state index >= 15 is 0 Å². The summed E-state index contributed by atoms with van der Waals surface area (Å²) in [5.74, 6) is 0. The van der Waals surface area contributed by atoms with Crippen LogP contribution >= 0.6 is 0 Å². The molecule has 0 unspecified atom stereocenters. The van der Waals surface area contributed by atoms with Gasteiger partial charge in [0.05, 0.1) is 0 Å². The van der Waals surface area contributed by atoms with Gasteiger partial charge in [0.1, 0.15) is 0 Å². The van der Waals surface area contributed by atoms with Crippen LogP contribution in [-0.2, 0) is 24.6 Å². The van der Waals surface area contributed by atoms with Gasteiger partial charge in [0.25, 0.3) is 0 Å². The van der Waals surface area contributed by atoms with Crippen LogP contribution in [0.5, 0.6) is 0 Å². The van der Waals surface area contributed by atoms with Crippen LogP contribution in [0.25, 0.3) is 11.1 Å². The zero-order valence-electron chi connectivity index (χ0n) is 9.17. The minimum atomic E-state index is -0.988. The van der Waals surface area contributed by atoms with E-state index in [4.69, 9.17) is 0 Å². The summed E-state index contributed by atoms with van der Waals surface area (Å²) in [6, 6.07) is 13.9. The van der Waals surface area contributed by atoms with E-state index in [1.165, 1.54) is 22.3 Å². The summed E-state index contributed by atoms with van der Waals surface area (Å²) in [6.45, 7) is 4.39. The molecular weight excluding hydrogens is 369 g/mol. The summed E-state index contributed by atoms with van der Waals surface area (Å²) in [4.78, 5) is 0. The Balaban J connectivity index is 2.24. The molecule has 15 heavy (non-hydrogen) atoms. The van der Waals surface area contributed by atoms with Gasteiger partial charge in [0.2, 0.25) is 0 Å². The molecule has 3 rings (SSSR count). The Morgan fingerprint density at radius 1 is 0.733 bits per heavy atom. The minimum absolute atomic E-state index is 0.988. The maximum absolute atomic E-state index is 2.41. The second-order valence-corrected chi connectivity index (χ2v) is 11.8. The number of fused-ring (bicyclic) bond motifs is 3. The summed E-state index contributed by atoms with van der Waals surface area (Å²) in [5, 5.41) is 0. The van der Waals surface area contributed by atoms with Crippen molar-refractivity contribution < 1.29 is 24.6 Å². The number of hydrogen-bond donors (Lipinski definition) is 0. The van der Waals surface area contributed by atoms with Crippen molar-refractivity contribution in [2.75, 3.05) is 0 Å². The molecule has 0 saturated heterocycles. The molecule has 70 valence electrons. The van der Waals surface area contributed by atoms with Crippen LogP contribution in [0.4, 0.5) is 0 Å². The van der Waals surface area contributed by atoms with Crippen molar-refractivity contribution in [3.8, 4) is 11.1 Å². The maximum atomic E-state index is 2.41. The van der Waals surface area contributed by atoms with Crippen molar-refractivity contribution >= 4 is 6.14 Å². The third-order valence-electron chi connectivity index (χ3n) is 3.19. The Morgan fingerprint density at radius 2 is 1.20 bits per heavy atom. The molecule has 0 radical (unpaired) electrons. The molecule has 0 nitrogen and oxygen atoms in total. The Hall–Kier alpha value is -0.625. The normalized spacial score (nSPS) is 11.3. The van der Waals surface area contributed by atoms with Gasteiger partial charge in [-0.15, -0.1) is 0 Å². The SMILES string of the molecule is Cc1ccc2[c](c1)[Hg][c]1cc(C)ccc1-2. The third kappa shape index (κ3) is 1.55. The summed E-state index contributed by atoms with van der Waals surface area (Å²) < 4.78 is 3.41.